The quantitative estimate of drug-likeness (QED) is 0.551. The summed E-state index contributed by atoms with van der Waals surface area (Å²) in [5.74, 6) is 1.34. The van der Waals surface area contributed by atoms with Gasteiger partial charge in [0.2, 0.25) is 0 Å². The number of rotatable bonds is 5. The van der Waals surface area contributed by atoms with Crippen molar-refractivity contribution < 1.29 is 4.79 Å². The molecule has 2 aromatic heterocycles. The number of hydrogen-bond acceptors (Lipinski definition) is 6. The van der Waals surface area contributed by atoms with Crippen molar-refractivity contribution in [3.05, 3.63) is 53.8 Å². The molecule has 8 heteroatoms. The van der Waals surface area contributed by atoms with Gasteiger partial charge in [0.15, 0.2) is 11.6 Å². The second-order valence-electron chi connectivity index (χ2n) is 8.40. The molecule has 2 aliphatic heterocycles. The number of aliphatic imine (C=N–C) groups is 1. The summed E-state index contributed by atoms with van der Waals surface area (Å²) in [5, 5.41) is 2.94. The number of pyridine rings is 1. The van der Waals surface area contributed by atoms with Crippen LogP contribution in [0.3, 0.4) is 0 Å². The smallest absolute Gasteiger partial charge is 0.329 e. The number of nitrogens with zero attached hydrogens (tertiary/aromatic N) is 6. The number of anilines is 3. The average molecular weight is 432 g/mol. The zero-order chi connectivity index (χ0) is 22.8. The van der Waals surface area contributed by atoms with Crippen LogP contribution in [0.1, 0.15) is 51.4 Å². The van der Waals surface area contributed by atoms with Crippen LogP contribution >= 0.6 is 0 Å². The first-order chi connectivity index (χ1) is 15.4. The van der Waals surface area contributed by atoms with Gasteiger partial charge in [-0.15, -0.1) is 0 Å². The molecule has 1 saturated heterocycles. The van der Waals surface area contributed by atoms with E-state index in [9.17, 15) is 4.79 Å². The zero-order valence-corrected chi connectivity index (χ0v) is 19.0. The highest BCUT2D eigenvalue weighted by atomic mass is 16.2. The van der Waals surface area contributed by atoms with Crippen LogP contribution in [0.4, 0.5) is 22.1 Å². The van der Waals surface area contributed by atoms with Crippen LogP contribution in [0.5, 0.6) is 0 Å². The molecule has 166 valence electrons. The van der Waals surface area contributed by atoms with Crippen LogP contribution in [0.25, 0.3) is 5.57 Å². The van der Waals surface area contributed by atoms with Crippen molar-refractivity contribution in [2.24, 2.45) is 4.99 Å². The van der Waals surface area contributed by atoms with Crippen LogP contribution < -0.4 is 15.1 Å². The Hall–Kier alpha value is -3.55. The predicted octanol–water partition coefficient (Wildman–Crippen LogP) is 4.63. The fraction of sp³-hybridized carbons (Fsp3) is 0.375. The van der Waals surface area contributed by atoms with Crippen molar-refractivity contribution in [1.29, 1.82) is 0 Å². The minimum atomic E-state index is -0.237. The van der Waals surface area contributed by atoms with E-state index in [1.165, 1.54) is 0 Å². The topological polar surface area (TPSA) is 86.6 Å². The zero-order valence-electron chi connectivity index (χ0n) is 19.0. The van der Waals surface area contributed by atoms with E-state index in [0.29, 0.717) is 11.6 Å². The lowest BCUT2D eigenvalue weighted by Crippen LogP contribution is -2.48. The monoisotopic (exact) mass is 431 g/mol. The van der Waals surface area contributed by atoms with Crippen LogP contribution in [-0.4, -0.2) is 46.8 Å². The molecule has 0 unspecified atom stereocenters. The van der Waals surface area contributed by atoms with Crippen LogP contribution in [-0.2, 0) is 0 Å². The van der Waals surface area contributed by atoms with E-state index >= 15 is 0 Å². The van der Waals surface area contributed by atoms with E-state index < -0.39 is 0 Å². The van der Waals surface area contributed by atoms with E-state index in [4.69, 9.17) is 4.98 Å². The molecule has 32 heavy (non-hydrogen) atoms. The molecule has 0 saturated carbocycles. The Morgan fingerprint density at radius 3 is 2.84 bits per heavy atom. The number of amides is 2. The van der Waals surface area contributed by atoms with Gasteiger partial charge in [0.05, 0.1) is 29.3 Å². The lowest BCUT2D eigenvalue weighted by Gasteiger charge is -2.35. The van der Waals surface area contributed by atoms with Crippen molar-refractivity contribution in [3.8, 4) is 0 Å². The van der Waals surface area contributed by atoms with Crippen LogP contribution in [0.2, 0.25) is 0 Å². The summed E-state index contributed by atoms with van der Waals surface area (Å²) >= 11 is 0. The molecule has 0 aromatic carbocycles. The lowest BCUT2D eigenvalue weighted by atomic mass is 10.1. The first kappa shape index (κ1) is 21.7. The second kappa shape index (κ2) is 8.90. The third-order valence-electron chi connectivity index (χ3n) is 5.87. The average Bonchev–Trinajstić information content (AvgIpc) is 3.21. The normalized spacial score (nSPS) is 18.1. The van der Waals surface area contributed by atoms with Gasteiger partial charge < -0.3 is 4.90 Å². The van der Waals surface area contributed by atoms with E-state index in [1.54, 1.807) is 17.3 Å². The number of carbonyl (C=O) groups is 1. The van der Waals surface area contributed by atoms with Gasteiger partial charge in [-0.2, -0.15) is 0 Å². The molecule has 1 N–H and O–H groups in total. The summed E-state index contributed by atoms with van der Waals surface area (Å²) < 4.78 is 0. The van der Waals surface area contributed by atoms with Gasteiger partial charge in [-0.1, -0.05) is 19.9 Å². The number of aromatic nitrogens is 3. The highest BCUT2D eigenvalue weighted by Gasteiger charge is 2.40. The number of fused-ring (bicyclic) bond motifs is 4. The van der Waals surface area contributed by atoms with Crippen molar-refractivity contribution in [2.75, 3.05) is 28.2 Å². The largest absolute Gasteiger partial charge is 0.366 e. The van der Waals surface area contributed by atoms with Gasteiger partial charge in [0, 0.05) is 25.0 Å². The maximum absolute atomic E-state index is 13.4. The molecule has 0 spiro atoms. The molecule has 4 rings (SSSR count). The molecule has 1 fully saturated rings. The molecule has 2 bridgehead atoms. The maximum atomic E-state index is 13.4. The maximum Gasteiger partial charge on any atom is 0.329 e. The molecule has 8 nitrogen and oxygen atoms in total. The van der Waals surface area contributed by atoms with Crippen LogP contribution in [0.15, 0.2) is 47.4 Å². The third kappa shape index (κ3) is 4.12. The first-order valence-corrected chi connectivity index (χ1v) is 10.9. The van der Waals surface area contributed by atoms with E-state index in [-0.39, 0.29) is 18.0 Å². The molecule has 2 aromatic rings. The Balaban J connectivity index is 1.69. The summed E-state index contributed by atoms with van der Waals surface area (Å²) in [6, 6.07) is 3.87. The fourth-order valence-corrected chi connectivity index (χ4v) is 4.10. The van der Waals surface area contributed by atoms with Crippen molar-refractivity contribution in [3.63, 3.8) is 0 Å². The summed E-state index contributed by atoms with van der Waals surface area (Å²) in [6.07, 6.45) is 8.13. The highest BCUT2D eigenvalue weighted by molar-refractivity contribution is 6.04. The van der Waals surface area contributed by atoms with E-state index in [1.807, 2.05) is 52.0 Å². The van der Waals surface area contributed by atoms with Crippen molar-refractivity contribution >= 4 is 35.6 Å². The molecule has 4 heterocycles. The molecule has 2 amide bonds. The summed E-state index contributed by atoms with van der Waals surface area (Å²) in [4.78, 5) is 35.2. The molecular weight excluding hydrogens is 402 g/mol. The number of allylic oxidation sites excluding steroid dienone is 4. The van der Waals surface area contributed by atoms with Crippen molar-refractivity contribution in [2.45, 2.75) is 46.1 Å². The number of carbonyl (C=O) groups excluding carboxylic acids is 1. The lowest BCUT2D eigenvalue weighted by molar-refractivity contribution is 0.254. The van der Waals surface area contributed by atoms with Crippen molar-refractivity contribution in [1.82, 2.24) is 15.0 Å². The summed E-state index contributed by atoms with van der Waals surface area (Å²) in [6.45, 7) is 13.2. The summed E-state index contributed by atoms with van der Waals surface area (Å²) in [7, 11) is 0. The van der Waals surface area contributed by atoms with Gasteiger partial charge in [0.25, 0.3) is 0 Å². The number of nitrogens with one attached hydrogen (secondary N) is 1. The standard InChI is InChI=1S/C24H29N7O/c1-6-17(11-16(4)25-5)19-7-8-21-23(28-19)31(18-9-10-30(21)14-18)24(32)29-22-13-26-12-20(27-22)15(2)3/h6-8,11-13,15,18H,5,9-10,14H2,1-4H3,(H,27,29,32)/b16-11-,17-6+/t18-/m0/s1. The molecular formula is C24H29N7O. The van der Waals surface area contributed by atoms with E-state index in [0.717, 1.165) is 47.9 Å². The minimum Gasteiger partial charge on any atom is -0.366 e. The summed E-state index contributed by atoms with van der Waals surface area (Å²) in [5.41, 5.74) is 4.33. The molecule has 1 atom stereocenters. The Labute approximate surface area is 188 Å². The number of urea groups is 1. The Morgan fingerprint density at radius 1 is 1.31 bits per heavy atom. The van der Waals surface area contributed by atoms with Crippen LogP contribution in [0, 0.1) is 0 Å². The number of hydrogen-bond donors (Lipinski definition) is 1. The third-order valence-corrected chi connectivity index (χ3v) is 5.87. The first-order valence-electron chi connectivity index (χ1n) is 10.9. The SMILES string of the molecule is C=N/C(C)=C\C(=C/C)c1ccc2c(n1)N(C(=O)Nc1cncc(C(C)C)n1)[C@H]1CCN2C1. The van der Waals surface area contributed by atoms with Gasteiger partial charge >= 0.3 is 6.03 Å². The Bertz CT molecular complexity index is 1110. The second-order valence-corrected chi connectivity index (χ2v) is 8.40. The Kier molecular flexibility index (Phi) is 6.03. The van der Waals surface area contributed by atoms with Gasteiger partial charge in [-0.05, 0) is 56.7 Å². The minimum absolute atomic E-state index is 0.0627. The van der Waals surface area contributed by atoms with Gasteiger partial charge in [0.1, 0.15) is 0 Å². The molecule has 0 radical (unpaired) electrons. The highest BCUT2D eigenvalue weighted by Crippen LogP contribution is 2.40. The molecule has 2 aliphatic rings. The molecule has 0 aliphatic carbocycles. The van der Waals surface area contributed by atoms with E-state index in [2.05, 4.69) is 31.9 Å². The van der Waals surface area contributed by atoms with Gasteiger partial charge in [-0.25, -0.2) is 14.8 Å². The fourth-order valence-electron chi connectivity index (χ4n) is 4.10. The predicted molar refractivity (Wildman–Crippen MR) is 129 cm³/mol. The Morgan fingerprint density at radius 2 is 2.12 bits per heavy atom. The van der Waals surface area contributed by atoms with Gasteiger partial charge in [-0.3, -0.25) is 20.2 Å².